The molecule has 1 fully saturated rings. The predicted octanol–water partition coefficient (Wildman–Crippen LogP) is -1.38. The molecule has 0 spiro atoms. The maximum Gasteiger partial charge on any atom is 0.359 e. The Morgan fingerprint density at radius 1 is 1.23 bits per heavy atom. The van der Waals surface area contributed by atoms with Crippen molar-refractivity contribution in [3.05, 3.63) is 35.9 Å². The number of carbonyl (C=O) groups excluding carboxylic acids is 1. The van der Waals surface area contributed by atoms with Crippen LogP contribution in [0.4, 0.5) is 0 Å². The monoisotopic (exact) mass is 314 g/mol. The fourth-order valence-electron chi connectivity index (χ4n) is 2.17. The van der Waals surface area contributed by atoms with E-state index in [4.69, 9.17) is 14.2 Å². The second kappa shape index (κ2) is 6.69. The van der Waals surface area contributed by atoms with Crippen LogP contribution in [0, 0.1) is 0 Å². The van der Waals surface area contributed by atoms with Crippen molar-refractivity contribution < 1.29 is 39.4 Å². The van der Waals surface area contributed by atoms with Crippen LogP contribution in [0.2, 0.25) is 0 Å². The number of benzene rings is 1. The van der Waals surface area contributed by atoms with Gasteiger partial charge in [-0.25, -0.2) is 4.79 Å². The number of aliphatic hydroxyl groups is 4. The van der Waals surface area contributed by atoms with Gasteiger partial charge < -0.3 is 34.6 Å². The van der Waals surface area contributed by atoms with Gasteiger partial charge in [0.1, 0.15) is 18.3 Å². The molecule has 0 aliphatic carbocycles. The van der Waals surface area contributed by atoms with Gasteiger partial charge in [-0.3, -0.25) is 0 Å². The Balaban J connectivity index is 2.25. The fourth-order valence-corrected chi connectivity index (χ4v) is 2.17. The Labute approximate surface area is 126 Å². The van der Waals surface area contributed by atoms with Crippen molar-refractivity contribution in [1.82, 2.24) is 0 Å². The lowest BCUT2D eigenvalue weighted by Crippen LogP contribution is -2.67. The highest BCUT2D eigenvalue weighted by Gasteiger charge is 2.57. The summed E-state index contributed by atoms with van der Waals surface area (Å²) in [4.78, 5) is 12.1. The number of methoxy groups -OCH3 is 1. The molecule has 0 amide bonds. The minimum Gasteiger partial charge on any atom is -0.402 e. The Morgan fingerprint density at radius 3 is 2.41 bits per heavy atom. The lowest BCUT2D eigenvalue weighted by molar-refractivity contribution is -0.437. The van der Waals surface area contributed by atoms with Crippen LogP contribution in [0.15, 0.2) is 30.3 Å². The van der Waals surface area contributed by atoms with E-state index in [1.54, 1.807) is 18.2 Å². The smallest absolute Gasteiger partial charge is 0.359 e. The van der Waals surface area contributed by atoms with Gasteiger partial charge in [-0.2, -0.15) is 0 Å². The van der Waals surface area contributed by atoms with E-state index in [-0.39, 0.29) is 5.56 Å². The number of hydrogen-bond donors (Lipinski definition) is 4. The number of aliphatic hydroxyl groups excluding tert-OH is 4. The van der Waals surface area contributed by atoms with Crippen LogP contribution in [0.25, 0.3) is 0 Å². The highest BCUT2D eigenvalue weighted by Crippen LogP contribution is 2.32. The molecular weight excluding hydrogens is 296 g/mol. The Morgan fingerprint density at radius 2 is 1.86 bits per heavy atom. The molecule has 0 bridgehead atoms. The standard InChI is InChI=1S/C14H18O8/c1-20-14(22-13(19)8-5-3-2-4-6-8)12(18)11(17)10(16)9(7-15)21-14/h2-6,9-12,15-18H,7H2,1H3/t9-,10-,11+,12-,14?/m1/s1. The van der Waals surface area contributed by atoms with Gasteiger partial charge in [0.2, 0.25) is 0 Å². The minimum atomic E-state index is -2.33. The average Bonchev–Trinajstić information content (AvgIpc) is 2.56. The van der Waals surface area contributed by atoms with Crippen molar-refractivity contribution in [2.24, 2.45) is 0 Å². The van der Waals surface area contributed by atoms with Crippen LogP contribution >= 0.6 is 0 Å². The highest BCUT2D eigenvalue weighted by atomic mass is 16.9. The first-order valence-corrected chi connectivity index (χ1v) is 6.61. The molecule has 0 aromatic heterocycles. The minimum absolute atomic E-state index is 0.177. The first kappa shape index (κ1) is 16.8. The Bertz CT molecular complexity index is 505. The van der Waals surface area contributed by atoms with Crippen molar-refractivity contribution in [3.8, 4) is 0 Å². The summed E-state index contributed by atoms with van der Waals surface area (Å²) in [5.41, 5.74) is 0.177. The van der Waals surface area contributed by atoms with Gasteiger partial charge in [0.15, 0.2) is 6.10 Å². The molecule has 122 valence electrons. The molecule has 1 aliphatic rings. The molecule has 8 heteroatoms. The van der Waals surface area contributed by atoms with E-state index in [2.05, 4.69) is 0 Å². The zero-order chi connectivity index (χ0) is 16.3. The molecule has 1 aromatic carbocycles. The lowest BCUT2D eigenvalue weighted by Gasteiger charge is -2.45. The largest absolute Gasteiger partial charge is 0.402 e. The highest BCUT2D eigenvalue weighted by molar-refractivity contribution is 5.89. The van der Waals surface area contributed by atoms with Crippen molar-refractivity contribution in [2.45, 2.75) is 30.4 Å². The lowest BCUT2D eigenvalue weighted by atomic mass is 9.97. The number of carbonyl (C=O) groups is 1. The molecule has 0 radical (unpaired) electrons. The molecule has 5 atom stereocenters. The third kappa shape index (κ3) is 2.98. The fraction of sp³-hybridized carbons (Fsp3) is 0.500. The topological polar surface area (TPSA) is 126 Å². The quantitative estimate of drug-likeness (QED) is 0.396. The van der Waals surface area contributed by atoms with Crippen molar-refractivity contribution >= 4 is 5.97 Å². The third-order valence-electron chi connectivity index (χ3n) is 3.44. The van der Waals surface area contributed by atoms with Gasteiger partial charge in [-0.05, 0) is 12.1 Å². The van der Waals surface area contributed by atoms with Crippen molar-refractivity contribution in [2.75, 3.05) is 13.7 Å². The molecule has 8 nitrogen and oxygen atoms in total. The van der Waals surface area contributed by atoms with Crippen LogP contribution in [0.3, 0.4) is 0 Å². The first-order valence-electron chi connectivity index (χ1n) is 6.61. The molecular formula is C14H18O8. The summed E-state index contributed by atoms with van der Waals surface area (Å²) < 4.78 is 15.2. The third-order valence-corrected chi connectivity index (χ3v) is 3.44. The van der Waals surface area contributed by atoms with E-state index in [0.717, 1.165) is 7.11 Å². The first-order chi connectivity index (χ1) is 10.4. The summed E-state index contributed by atoms with van der Waals surface area (Å²) in [6.07, 6.45) is -6.43. The van der Waals surface area contributed by atoms with Crippen LogP contribution in [-0.2, 0) is 14.2 Å². The average molecular weight is 314 g/mol. The van der Waals surface area contributed by atoms with E-state index in [9.17, 15) is 25.2 Å². The summed E-state index contributed by atoms with van der Waals surface area (Å²) in [7, 11) is 1.10. The summed E-state index contributed by atoms with van der Waals surface area (Å²) in [5.74, 6) is -3.19. The van der Waals surface area contributed by atoms with Crippen LogP contribution < -0.4 is 0 Å². The maximum atomic E-state index is 12.1. The Hall–Kier alpha value is -1.55. The Kier molecular flexibility index (Phi) is 5.12. The number of esters is 1. The van der Waals surface area contributed by atoms with E-state index in [1.807, 2.05) is 0 Å². The predicted molar refractivity (Wildman–Crippen MR) is 71.6 cm³/mol. The molecule has 1 heterocycles. The molecule has 1 aromatic rings. The van der Waals surface area contributed by atoms with Crippen molar-refractivity contribution in [1.29, 1.82) is 0 Å². The van der Waals surface area contributed by atoms with Gasteiger partial charge in [-0.15, -0.1) is 0 Å². The van der Waals surface area contributed by atoms with Gasteiger partial charge >= 0.3 is 11.9 Å². The summed E-state index contributed by atoms with van der Waals surface area (Å²) >= 11 is 0. The van der Waals surface area contributed by atoms with Gasteiger partial charge in [0, 0.05) is 7.11 Å². The summed E-state index contributed by atoms with van der Waals surface area (Å²) in [5, 5.41) is 38.8. The zero-order valence-corrected chi connectivity index (χ0v) is 11.8. The zero-order valence-electron chi connectivity index (χ0n) is 11.8. The second-order valence-electron chi connectivity index (χ2n) is 4.83. The SMILES string of the molecule is COC1(OC(=O)c2ccccc2)O[C@H](CO)[C@@H](O)[C@H](O)[C@H]1O. The summed E-state index contributed by atoms with van der Waals surface area (Å²) in [6.45, 7) is -0.668. The molecule has 22 heavy (non-hydrogen) atoms. The molecule has 1 aliphatic heterocycles. The second-order valence-corrected chi connectivity index (χ2v) is 4.83. The number of ether oxygens (including phenoxy) is 3. The van der Waals surface area contributed by atoms with E-state index < -0.39 is 43.0 Å². The molecule has 4 N–H and O–H groups in total. The van der Waals surface area contributed by atoms with Gasteiger partial charge in [0.25, 0.3) is 0 Å². The van der Waals surface area contributed by atoms with E-state index in [0.29, 0.717) is 0 Å². The number of rotatable bonds is 4. The summed E-state index contributed by atoms with van der Waals surface area (Å²) in [6, 6.07) is 7.90. The van der Waals surface area contributed by atoms with Gasteiger partial charge in [-0.1, -0.05) is 18.2 Å². The van der Waals surface area contributed by atoms with Gasteiger partial charge in [0.05, 0.1) is 12.2 Å². The molecule has 0 saturated carbocycles. The van der Waals surface area contributed by atoms with E-state index >= 15 is 0 Å². The van der Waals surface area contributed by atoms with E-state index in [1.165, 1.54) is 12.1 Å². The normalized spacial score (nSPS) is 35.1. The van der Waals surface area contributed by atoms with Crippen LogP contribution in [0.5, 0.6) is 0 Å². The van der Waals surface area contributed by atoms with Crippen LogP contribution in [0.1, 0.15) is 10.4 Å². The molecule has 2 rings (SSSR count). The molecule has 1 unspecified atom stereocenters. The number of hydrogen-bond acceptors (Lipinski definition) is 8. The maximum absolute atomic E-state index is 12.1. The van der Waals surface area contributed by atoms with Crippen LogP contribution in [-0.4, -0.2) is 70.5 Å². The molecule has 1 saturated heterocycles. The van der Waals surface area contributed by atoms with Crippen molar-refractivity contribution in [3.63, 3.8) is 0 Å².